The second kappa shape index (κ2) is 9.20. The summed E-state index contributed by atoms with van der Waals surface area (Å²) in [6.45, 7) is 3.71. The van der Waals surface area contributed by atoms with Gasteiger partial charge < -0.3 is 20.5 Å². The Hall–Kier alpha value is -3.01. The third-order valence-corrected chi connectivity index (χ3v) is 3.15. The van der Waals surface area contributed by atoms with E-state index in [-0.39, 0.29) is 17.9 Å². The van der Waals surface area contributed by atoms with Crippen LogP contribution in [0.25, 0.3) is 0 Å². The molecule has 128 valence electrons. The first-order valence-corrected chi connectivity index (χ1v) is 7.42. The molecule has 24 heavy (non-hydrogen) atoms. The number of hydrogen-bond donors (Lipinski definition) is 3. The molecule has 0 bridgehead atoms. The quantitative estimate of drug-likeness (QED) is 0.497. The number of nitrogens with one attached hydrogen (secondary N) is 2. The maximum atomic E-state index is 12.1. The molecule has 7 nitrogen and oxygen atoms in total. The molecule has 1 aromatic rings. The van der Waals surface area contributed by atoms with Crippen molar-refractivity contribution in [1.29, 1.82) is 5.26 Å². The molecule has 3 N–H and O–H groups in total. The van der Waals surface area contributed by atoms with Crippen LogP contribution >= 0.6 is 0 Å². The normalized spacial score (nSPS) is 12.2. The number of ether oxygens (including phenoxy) is 1. The highest BCUT2D eigenvalue weighted by molar-refractivity contribution is 5.99. The zero-order valence-electron chi connectivity index (χ0n) is 13.9. The average Bonchev–Trinajstić information content (AvgIpc) is 2.54. The van der Waals surface area contributed by atoms with E-state index < -0.39 is 17.9 Å². The van der Waals surface area contributed by atoms with Gasteiger partial charge in [-0.1, -0.05) is 13.8 Å². The predicted octanol–water partition coefficient (Wildman–Crippen LogP) is 2.13. The van der Waals surface area contributed by atoms with E-state index in [2.05, 4.69) is 10.6 Å². The van der Waals surface area contributed by atoms with E-state index in [9.17, 15) is 9.59 Å². The lowest BCUT2D eigenvalue weighted by Gasteiger charge is -2.16. The number of hydrogen-bond acceptors (Lipinski definition) is 5. The fourth-order valence-corrected chi connectivity index (χ4v) is 1.92. The Morgan fingerprint density at radius 3 is 2.42 bits per heavy atom. The molecule has 1 amide bonds. The summed E-state index contributed by atoms with van der Waals surface area (Å²) in [6.07, 6.45) is 1.52. The molecule has 0 saturated heterocycles. The maximum absolute atomic E-state index is 12.1. The number of carbonyl (C=O) groups is 2. The Labute approximate surface area is 140 Å². The largest absolute Gasteiger partial charge is 0.497 e. The molecule has 0 aliphatic carbocycles. The smallest absolute Gasteiger partial charge is 0.326 e. The summed E-state index contributed by atoms with van der Waals surface area (Å²) in [5.74, 6) is -1.08. The van der Waals surface area contributed by atoms with Crippen molar-refractivity contribution in [2.24, 2.45) is 5.92 Å². The molecule has 0 fully saturated rings. The number of carboxylic acid groups (broad SMARTS) is 1. The van der Waals surface area contributed by atoms with E-state index in [0.717, 1.165) is 0 Å². The van der Waals surface area contributed by atoms with Crippen molar-refractivity contribution in [3.05, 3.63) is 36.0 Å². The monoisotopic (exact) mass is 331 g/mol. The van der Waals surface area contributed by atoms with Gasteiger partial charge in [-0.15, -0.1) is 0 Å². The number of nitriles is 1. The fraction of sp³-hybridized carbons (Fsp3) is 0.353. The highest BCUT2D eigenvalue weighted by Gasteiger charge is 2.22. The number of rotatable bonds is 8. The summed E-state index contributed by atoms with van der Waals surface area (Å²) in [4.78, 5) is 23.2. The summed E-state index contributed by atoms with van der Waals surface area (Å²) < 4.78 is 5.04. The van der Waals surface area contributed by atoms with Crippen LogP contribution in [0.4, 0.5) is 5.69 Å². The van der Waals surface area contributed by atoms with Gasteiger partial charge in [0.25, 0.3) is 5.91 Å². The fourth-order valence-electron chi connectivity index (χ4n) is 1.92. The zero-order valence-corrected chi connectivity index (χ0v) is 13.9. The summed E-state index contributed by atoms with van der Waals surface area (Å²) in [6, 6.07) is 7.63. The number of nitrogens with zero attached hydrogens (tertiary/aromatic N) is 1. The van der Waals surface area contributed by atoms with Gasteiger partial charge in [-0.25, -0.2) is 4.79 Å². The molecule has 1 unspecified atom stereocenters. The highest BCUT2D eigenvalue weighted by atomic mass is 16.5. The molecule has 0 spiro atoms. The standard InChI is InChI=1S/C17H21N3O4/c1-11(2)8-15(17(22)23)20-16(21)12(9-18)10-19-13-4-6-14(24-3)7-5-13/h4-7,10-11,15,19H,8H2,1-3H3,(H,20,21)(H,22,23)/b12-10-. The van der Waals surface area contributed by atoms with Crippen LogP contribution in [-0.4, -0.2) is 30.1 Å². The van der Waals surface area contributed by atoms with E-state index in [1.165, 1.54) is 6.20 Å². The van der Waals surface area contributed by atoms with Gasteiger partial charge >= 0.3 is 5.97 Å². The second-order valence-electron chi connectivity index (χ2n) is 5.54. The summed E-state index contributed by atoms with van der Waals surface area (Å²) in [5.41, 5.74) is 0.453. The SMILES string of the molecule is COc1ccc(N/C=C(/C#N)C(=O)NC(CC(C)C)C(=O)O)cc1. The van der Waals surface area contributed by atoms with Crippen LogP contribution in [0.2, 0.25) is 0 Å². The molecular weight excluding hydrogens is 310 g/mol. The lowest BCUT2D eigenvalue weighted by atomic mass is 10.0. The van der Waals surface area contributed by atoms with Gasteiger partial charge in [0.05, 0.1) is 7.11 Å². The lowest BCUT2D eigenvalue weighted by Crippen LogP contribution is -2.42. The van der Waals surface area contributed by atoms with E-state index >= 15 is 0 Å². The average molecular weight is 331 g/mol. The van der Waals surface area contributed by atoms with Crippen molar-refractivity contribution in [3.63, 3.8) is 0 Å². The second-order valence-corrected chi connectivity index (χ2v) is 5.54. The van der Waals surface area contributed by atoms with Crippen molar-refractivity contribution in [3.8, 4) is 11.8 Å². The molecule has 7 heteroatoms. The number of aliphatic carboxylic acids is 1. The van der Waals surface area contributed by atoms with Crippen LogP contribution in [0.1, 0.15) is 20.3 Å². The number of benzene rings is 1. The van der Waals surface area contributed by atoms with Crippen molar-refractivity contribution in [2.45, 2.75) is 26.3 Å². The van der Waals surface area contributed by atoms with Crippen LogP contribution in [0.15, 0.2) is 36.0 Å². The minimum absolute atomic E-state index is 0.0957. The van der Waals surface area contributed by atoms with Crippen molar-refractivity contribution >= 4 is 17.6 Å². The van der Waals surface area contributed by atoms with Crippen LogP contribution in [0, 0.1) is 17.2 Å². The summed E-state index contributed by atoms with van der Waals surface area (Å²) in [7, 11) is 1.55. The molecule has 0 aliphatic rings. The van der Waals surface area contributed by atoms with Gasteiger partial charge in [0, 0.05) is 11.9 Å². The molecule has 1 aromatic carbocycles. The third kappa shape index (κ3) is 6.01. The number of methoxy groups -OCH3 is 1. The highest BCUT2D eigenvalue weighted by Crippen LogP contribution is 2.15. The molecule has 0 radical (unpaired) electrons. The Balaban J connectivity index is 2.77. The first-order chi connectivity index (χ1) is 11.4. The van der Waals surface area contributed by atoms with Gasteiger partial charge in [-0.3, -0.25) is 4.79 Å². The topological polar surface area (TPSA) is 111 Å². The molecule has 0 heterocycles. The molecular formula is C17H21N3O4. The van der Waals surface area contributed by atoms with Gasteiger partial charge in [-0.2, -0.15) is 5.26 Å². The first-order valence-electron chi connectivity index (χ1n) is 7.42. The van der Waals surface area contributed by atoms with Crippen molar-refractivity contribution in [2.75, 3.05) is 12.4 Å². The third-order valence-electron chi connectivity index (χ3n) is 3.15. The van der Waals surface area contributed by atoms with E-state index in [4.69, 9.17) is 15.1 Å². The minimum atomic E-state index is -1.13. The number of carbonyl (C=O) groups excluding carboxylic acids is 1. The van der Waals surface area contributed by atoms with Crippen LogP contribution in [-0.2, 0) is 9.59 Å². The summed E-state index contributed by atoms with van der Waals surface area (Å²) in [5, 5.41) is 23.4. The predicted molar refractivity (Wildman–Crippen MR) is 89.3 cm³/mol. The molecule has 1 rings (SSSR count). The Kier molecular flexibility index (Phi) is 7.30. The van der Waals surface area contributed by atoms with Crippen LogP contribution in [0.5, 0.6) is 5.75 Å². The maximum Gasteiger partial charge on any atom is 0.326 e. The molecule has 0 aliphatic heterocycles. The Morgan fingerprint density at radius 1 is 1.33 bits per heavy atom. The first kappa shape index (κ1) is 19.0. The van der Waals surface area contributed by atoms with E-state index in [0.29, 0.717) is 11.4 Å². The Bertz CT molecular complexity index is 645. The van der Waals surface area contributed by atoms with E-state index in [1.807, 2.05) is 13.8 Å². The van der Waals surface area contributed by atoms with Gasteiger partial charge in [0.1, 0.15) is 23.4 Å². The summed E-state index contributed by atoms with van der Waals surface area (Å²) >= 11 is 0. The number of amides is 1. The number of anilines is 1. The van der Waals surface area contributed by atoms with Gasteiger partial charge in [0.15, 0.2) is 0 Å². The minimum Gasteiger partial charge on any atom is -0.497 e. The van der Waals surface area contributed by atoms with Crippen molar-refractivity contribution in [1.82, 2.24) is 5.32 Å². The molecule has 0 aromatic heterocycles. The van der Waals surface area contributed by atoms with Gasteiger partial charge in [0.2, 0.25) is 0 Å². The van der Waals surface area contributed by atoms with Crippen LogP contribution in [0.3, 0.4) is 0 Å². The van der Waals surface area contributed by atoms with Crippen LogP contribution < -0.4 is 15.4 Å². The zero-order chi connectivity index (χ0) is 18.1. The molecule has 1 atom stereocenters. The lowest BCUT2D eigenvalue weighted by molar-refractivity contribution is -0.141. The van der Waals surface area contributed by atoms with Gasteiger partial charge in [-0.05, 0) is 36.6 Å². The number of carboxylic acids is 1. The molecule has 0 saturated carbocycles. The van der Waals surface area contributed by atoms with Crippen molar-refractivity contribution < 1.29 is 19.4 Å². The Morgan fingerprint density at radius 2 is 1.96 bits per heavy atom. The van der Waals surface area contributed by atoms with E-state index in [1.54, 1.807) is 37.4 Å².